The zero-order chi connectivity index (χ0) is 36.6. The van der Waals surface area contributed by atoms with Crippen molar-refractivity contribution in [2.75, 3.05) is 25.9 Å². The number of ether oxygens (including phenoxy) is 3. The van der Waals surface area contributed by atoms with Gasteiger partial charge in [-0.3, -0.25) is 14.3 Å². The molecule has 3 rings (SSSR count). The second-order valence-corrected chi connectivity index (χ2v) is 14.1. The molecule has 1 aliphatic rings. The van der Waals surface area contributed by atoms with Gasteiger partial charge < -0.3 is 30.6 Å². The van der Waals surface area contributed by atoms with Crippen LogP contribution in [0.25, 0.3) is 11.3 Å². The Morgan fingerprint density at radius 3 is 2.59 bits per heavy atom. The van der Waals surface area contributed by atoms with Crippen LogP contribution < -0.4 is 16.4 Å². The molecule has 4 N–H and O–H groups in total. The number of hydrogen-bond donors (Lipinski definition) is 3. The highest BCUT2D eigenvalue weighted by atomic mass is 19.1. The van der Waals surface area contributed by atoms with Crippen molar-refractivity contribution >= 4 is 25.3 Å². The van der Waals surface area contributed by atoms with Gasteiger partial charge in [-0.2, -0.15) is 0 Å². The lowest BCUT2D eigenvalue weighted by atomic mass is 9.62. The van der Waals surface area contributed by atoms with Crippen molar-refractivity contribution in [3.63, 3.8) is 0 Å². The number of aromatic nitrogens is 3. The van der Waals surface area contributed by atoms with Gasteiger partial charge >= 0.3 is 5.97 Å². The molecule has 1 aliphatic heterocycles. The maximum absolute atomic E-state index is 16.3. The van der Waals surface area contributed by atoms with Crippen LogP contribution in [0.5, 0.6) is 0 Å². The predicted molar refractivity (Wildman–Crippen MR) is 189 cm³/mol. The summed E-state index contributed by atoms with van der Waals surface area (Å²) in [5, 5.41) is 15.4. The van der Waals surface area contributed by atoms with E-state index in [9.17, 15) is 9.59 Å². The number of halogens is 1. The van der Waals surface area contributed by atoms with Gasteiger partial charge in [-0.1, -0.05) is 37.6 Å². The number of cyclic esters (lactones) is 1. The van der Waals surface area contributed by atoms with Gasteiger partial charge in [0.2, 0.25) is 0 Å². The van der Waals surface area contributed by atoms with Crippen LogP contribution in [-0.4, -0.2) is 89.9 Å². The first kappa shape index (κ1) is 40.0. The van der Waals surface area contributed by atoms with Gasteiger partial charge in [0.1, 0.15) is 35.3 Å². The van der Waals surface area contributed by atoms with Gasteiger partial charge in [0.15, 0.2) is 5.60 Å². The van der Waals surface area contributed by atoms with Gasteiger partial charge in [0.05, 0.1) is 25.7 Å². The van der Waals surface area contributed by atoms with Crippen LogP contribution in [0.3, 0.4) is 0 Å². The third kappa shape index (κ3) is 9.83. The summed E-state index contributed by atoms with van der Waals surface area (Å²) in [6, 6.07) is 6.52. The third-order valence-corrected chi connectivity index (χ3v) is 10.0. The number of hydrogen-bond acceptors (Lipinski definition) is 10. The lowest BCUT2D eigenvalue weighted by Crippen LogP contribution is -2.65. The summed E-state index contributed by atoms with van der Waals surface area (Å²) < 4.78 is 35.8. The fourth-order valence-corrected chi connectivity index (χ4v) is 6.90. The molecule has 0 saturated carbocycles. The zero-order valence-electron chi connectivity index (χ0n) is 30.3. The Balaban J connectivity index is 1.85. The van der Waals surface area contributed by atoms with Crippen molar-refractivity contribution in [2.45, 2.75) is 122 Å². The molecule has 2 radical (unpaired) electrons. The average molecular weight is 681 g/mol. The van der Waals surface area contributed by atoms with E-state index in [1.807, 2.05) is 44.3 Å². The van der Waals surface area contributed by atoms with E-state index in [1.54, 1.807) is 25.5 Å². The van der Waals surface area contributed by atoms with E-state index < -0.39 is 64.5 Å². The highest BCUT2D eigenvalue weighted by Gasteiger charge is 2.50. The molecule has 1 aromatic heterocycles. The number of ketones is 1. The molecule has 9 atom stereocenters. The number of benzene rings is 1. The number of alkyl halides is 1. The van der Waals surface area contributed by atoms with Crippen molar-refractivity contribution in [3.8, 4) is 23.8 Å². The SMILES string of the molecule is [B][C@@H]1[C@@H](C)C(=O)[C@@H](C)C(=O)O[C@H](CC)[C@@](C)(OC#C)[C@H](NCCCCn2cc(-c3cccc(N)c3)nn2)[C@@H](C)NCC(C)(F)C[C@@]1(C)OC. The maximum Gasteiger partial charge on any atom is 0.316 e. The van der Waals surface area contributed by atoms with E-state index in [0.717, 1.165) is 24.1 Å². The number of aryl methyl sites for hydroxylation is 1. The lowest BCUT2D eigenvalue weighted by molar-refractivity contribution is -0.173. The number of esters is 1. The van der Waals surface area contributed by atoms with Crippen LogP contribution in [0.4, 0.5) is 10.1 Å². The van der Waals surface area contributed by atoms with Crippen molar-refractivity contribution < 1.29 is 28.2 Å². The smallest absolute Gasteiger partial charge is 0.316 e. The van der Waals surface area contributed by atoms with Gasteiger partial charge in [-0.05, 0) is 78.4 Å². The second-order valence-electron chi connectivity index (χ2n) is 14.1. The molecule has 11 nitrogen and oxygen atoms in total. The summed E-state index contributed by atoms with van der Waals surface area (Å²) in [5.41, 5.74) is 3.97. The first-order chi connectivity index (χ1) is 23.0. The van der Waals surface area contributed by atoms with Crippen LogP contribution in [0.1, 0.15) is 74.1 Å². The summed E-state index contributed by atoms with van der Waals surface area (Å²) in [6.45, 7) is 12.9. The van der Waals surface area contributed by atoms with Crippen LogP contribution in [0.2, 0.25) is 5.82 Å². The molecular weight excluding hydrogens is 626 g/mol. The number of methoxy groups -OCH3 is 1. The Kier molecular flexibility index (Phi) is 13.8. The number of nitrogen functional groups attached to an aromatic ring is 1. The summed E-state index contributed by atoms with van der Waals surface area (Å²) in [5.74, 6) is -3.96. The van der Waals surface area contributed by atoms with Gasteiger partial charge in [-0.25, -0.2) is 4.39 Å². The molecule has 0 aliphatic carbocycles. The Hall–Kier alpha value is -3.47. The molecule has 268 valence electrons. The zero-order valence-corrected chi connectivity index (χ0v) is 30.3. The largest absolute Gasteiger partial charge is 0.457 e. The number of nitrogens with one attached hydrogen (secondary N) is 2. The number of Topliss-reactive ketones (excluding diaryl/α,β-unsaturated/α-hetero) is 1. The van der Waals surface area contributed by atoms with Crippen LogP contribution in [-0.2, 0) is 30.3 Å². The van der Waals surface area contributed by atoms with E-state index in [4.69, 9.17) is 34.2 Å². The van der Waals surface area contributed by atoms with Crippen LogP contribution >= 0.6 is 0 Å². The fourth-order valence-electron chi connectivity index (χ4n) is 6.90. The minimum atomic E-state index is -1.78. The average Bonchev–Trinajstić information content (AvgIpc) is 3.54. The molecule has 2 heterocycles. The lowest BCUT2D eigenvalue weighted by Gasteiger charge is -2.44. The molecule has 1 saturated heterocycles. The van der Waals surface area contributed by atoms with Gasteiger partial charge in [0.25, 0.3) is 0 Å². The monoisotopic (exact) mass is 680 g/mol. The molecule has 2 aromatic rings. The van der Waals surface area contributed by atoms with E-state index >= 15 is 4.39 Å². The van der Waals surface area contributed by atoms with Crippen molar-refractivity contribution in [3.05, 3.63) is 30.5 Å². The quantitative estimate of drug-likeness (QED) is 0.0832. The topological polar surface area (TPSA) is 143 Å². The number of carbonyl (C=O) groups excluding carboxylic acids is 2. The molecule has 1 aromatic carbocycles. The normalized spacial score (nSPS) is 33.6. The molecule has 1 fully saturated rings. The number of terminal acetylenes is 1. The summed E-state index contributed by atoms with van der Waals surface area (Å²) in [6.07, 6.45) is 10.8. The number of rotatable bonds is 10. The highest BCUT2D eigenvalue weighted by Crippen LogP contribution is 2.40. The van der Waals surface area contributed by atoms with Crippen LogP contribution in [0, 0.1) is 24.4 Å². The van der Waals surface area contributed by atoms with Gasteiger partial charge in [0, 0.05) is 49.8 Å². The summed E-state index contributed by atoms with van der Waals surface area (Å²) in [7, 11) is 8.00. The minimum Gasteiger partial charge on any atom is -0.457 e. The molecule has 1 unspecified atom stereocenters. The van der Waals surface area contributed by atoms with Crippen molar-refractivity contribution in [2.24, 2.45) is 11.8 Å². The number of anilines is 1. The number of nitrogens with zero attached hydrogens (tertiary/aromatic N) is 3. The number of nitrogens with two attached hydrogens (primary N) is 1. The van der Waals surface area contributed by atoms with E-state index in [0.29, 0.717) is 25.2 Å². The highest BCUT2D eigenvalue weighted by molar-refractivity contribution is 6.15. The molecule has 13 heteroatoms. The van der Waals surface area contributed by atoms with Crippen LogP contribution in [0.15, 0.2) is 30.5 Å². The Labute approximate surface area is 292 Å². The Morgan fingerprint density at radius 2 is 1.96 bits per heavy atom. The first-order valence-electron chi connectivity index (χ1n) is 17.1. The van der Waals surface area contributed by atoms with E-state index in [2.05, 4.69) is 27.1 Å². The predicted octanol–water partition coefficient (Wildman–Crippen LogP) is 4.27. The summed E-state index contributed by atoms with van der Waals surface area (Å²) >= 11 is 0. The maximum atomic E-state index is 16.3. The van der Waals surface area contributed by atoms with E-state index in [-0.39, 0.29) is 13.0 Å². The molecule has 0 bridgehead atoms. The minimum absolute atomic E-state index is 0.0544. The van der Waals surface area contributed by atoms with Gasteiger partial charge in [-0.15, -0.1) is 5.10 Å². The fraction of sp³-hybridized carbons (Fsp3) is 0.667. The molecule has 49 heavy (non-hydrogen) atoms. The standard InChI is InChI=1S/C36H54BFN6O5/c1-10-29-36(8,48-11-2)32(40-17-12-13-18-44-20-28(42-43-44)26-15-14-16-27(39)19-26)25(5)41-22-34(6,38)21-35(7,47-9)31(37)23(3)30(45)24(4)33(46)49-29/h2,14-16,19-20,23-25,29,31-32,40-41H,10,12-13,17-18,21-22,39H2,1,3-9H3/t23-,24+,25+,29+,31+,32+,34?,35+,36+/m0/s1. The molecule has 0 amide bonds. The Bertz CT molecular complexity index is 1450. The van der Waals surface area contributed by atoms with E-state index in [1.165, 1.54) is 21.0 Å². The summed E-state index contributed by atoms with van der Waals surface area (Å²) in [4.78, 5) is 27.0. The molecular formula is C36H54BFN6O5. The number of unbranched alkanes of at least 4 members (excludes halogenated alkanes) is 1. The first-order valence-corrected chi connectivity index (χ1v) is 17.1. The van der Waals surface area contributed by atoms with Crippen molar-refractivity contribution in [1.82, 2.24) is 25.6 Å². The Morgan fingerprint density at radius 1 is 1.24 bits per heavy atom. The number of carbonyl (C=O) groups is 2. The third-order valence-electron chi connectivity index (χ3n) is 10.0. The molecule has 0 spiro atoms. The second kappa shape index (κ2) is 17.0. The van der Waals surface area contributed by atoms with Crippen molar-refractivity contribution in [1.29, 1.82) is 0 Å².